The second kappa shape index (κ2) is 9.45. The van der Waals surface area contributed by atoms with E-state index in [1.54, 1.807) is 13.2 Å². The summed E-state index contributed by atoms with van der Waals surface area (Å²) in [6.45, 7) is 0.975. The summed E-state index contributed by atoms with van der Waals surface area (Å²) in [4.78, 5) is 11.5. The lowest BCUT2D eigenvalue weighted by Crippen LogP contribution is -2.19. The summed E-state index contributed by atoms with van der Waals surface area (Å²) in [6, 6.07) is 21.9. The average Bonchev–Trinajstić information content (AvgIpc) is 3.23. The van der Waals surface area contributed by atoms with E-state index in [1.165, 1.54) is 0 Å². The van der Waals surface area contributed by atoms with Gasteiger partial charge in [-0.25, -0.2) is 0 Å². The highest BCUT2D eigenvalue weighted by Gasteiger charge is 2.09. The number of amides is 1. The number of aliphatic hydroxyl groups excluding tert-OH is 1. The first-order chi connectivity index (χ1) is 15.2. The molecule has 1 amide bonds. The number of rotatable bonds is 8. The van der Waals surface area contributed by atoms with Crippen molar-refractivity contribution in [2.45, 2.75) is 26.2 Å². The van der Waals surface area contributed by atoms with Crippen LogP contribution in [0.25, 0.3) is 22.0 Å². The Bertz CT molecular complexity index is 1200. The van der Waals surface area contributed by atoms with Crippen LogP contribution in [-0.4, -0.2) is 27.8 Å². The normalized spacial score (nSPS) is 10.9. The Labute approximate surface area is 181 Å². The van der Waals surface area contributed by atoms with Crippen LogP contribution in [0.2, 0.25) is 0 Å². The molecule has 0 radical (unpaired) electrons. The van der Waals surface area contributed by atoms with E-state index in [4.69, 9.17) is 4.74 Å². The number of carbonyl (C=O) groups excluding carboxylic acids is 1. The van der Waals surface area contributed by atoms with Gasteiger partial charge in [0.05, 0.1) is 24.9 Å². The molecule has 0 saturated carbocycles. The number of nitrogens with one attached hydrogen (secondary N) is 1. The van der Waals surface area contributed by atoms with Crippen molar-refractivity contribution >= 4 is 16.8 Å². The molecule has 0 fully saturated rings. The fourth-order valence-electron chi connectivity index (χ4n) is 3.59. The minimum Gasteiger partial charge on any atom is -0.489 e. The quantitative estimate of drug-likeness (QED) is 0.457. The number of benzene rings is 3. The number of aryl methyl sites for hydroxylation is 1. The number of hydrogen-bond donors (Lipinski definition) is 2. The molecule has 158 valence electrons. The maximum Gasteiger partial charge on any atom is 0.221 e. The molecule has 2 N–H and O–H groups in total. The van der Waals surface area contributed by atoms with Gasteiger partial charge in [-0.15, -0.1) is 0 Å². The Hall–Kier alpha value is -3.64. The molecule has 1 heterocycles. The largest absolute Gasteiger partial charge is 0.489 e. The van der Waals surface area contributed by atoms with E-state index >= 15 is 0 Å². The van der Waals surface area contributed by atoms with E-state index in [0.29, 0.717) is 19.6 Å². The van der Waals surface area contributed by atoms with Crippen molar-refractivity contribution in [3.05, 3.63) is 84.1 Å². The van der Waals surface area contributed by atoms with Crippen LogP contribution in [0.5, 0.6) is 5.75 Å². The molecule has 4 aromatic rings. The van der Waals surface area contributed by atoms with E-state index < -0.39 is 0 Å². The van der Waals surface area contributed by atoms with Gasteiger partial charge in [0, 0.05) is 18.9 Å². The monoisotopic (exact) mass is 415 g/mol. The van der Waals surface area contributed by atoms with Gasteiger partial charge in [0.1, 0.15) is 12.4 Å². The van der Waals surface area contributed by atoms with Gasteiger partial charge in [-0.2, -0.15) is 5.10 Å². The zero-order chi connectivity index (χ0) is 21.6. The van der Waals surface area contributed by atoms with Gasteiger partial charge in [-0.05, 0) is 46.5 Å². The number of fused-ring (bicyclic) bond motifs is 1. The summed E-state index contributed by atoms with van der Waals surface area (Å²) in [5.41, 5.74) is 5.06. The Kier molecular flexibility index (Phi) is 6.29. The molecule has 0 unspecified atom stereocenters. The summed E-state index contributed by atoms with van der Waals surface area (Å²) in [5.74, 6) is 0.754. The van der Waals surface area contributed by atoms with Gasteiger partial charge in [0.15, 0.2) is 0 Å². The van der Waals surface area contributed by atoms with E-state index in [2.05, 4.69) is 22.5 Å². The molecule has 6 nitrogen and oxygen atoms in total. The van der Waals surface area contributed by atoms with Crippen LogP contribution < -0.4 is 10.1 Å². The number of nitrogens with zero attached hydrogens (tertiary/aromatic N) is 2. The summed E-state index contributed by atoms with van der Waals surface area (Å²) in [7, 11) is 1.63. The van der Waals surface area contributed by atoms with Crippen LogP contribution in [0.4, 0.5) is 0 Å². The van der Waals surface area contributed by atoms with Gasteiger partial charge in [-0.3, -0.25) is 9.48 Å². The maximum atomic E-state index is 11.5. The third-order valence-electron chi connectivity index (χ3n) is 5.28. The first kappa shape index (κ1) is 20.6. The second-order valence-corrected chi connectivity index (χ2v) is 7.32. The lowest BCUT2D eigenvalue weighted by atomic mass is 9.98. The van der Waals surface area contributed by atoms with Gasteiger partial charge in [0.2, 0.25) is 5.91 Å². The van der Waals surface area contributed by atoms with Crippen molar-refractivity contribution in [3.8, 4) is 16.9 Å². The molecule has 0 aliphatic rings. The molecule has 4 rings (SSSR count). The highest BCUT2D eigenvalue weighted by atomic mass is 16.5. The predicted molar refractivity (Wildman–Crippen MR) is 121 cm³/mol. The first-order valence-electron chi connectivity index (χ1n) is 10.2. The van der Waals surface area contributed by atoms with Crippen molar-refractivity contribution in [2.24, 2.45) is 0 Å². The Morgan fingerprint density at radius 2 is 1.97 bits per heavy atom. The molecular weight excluding hydrogens is 390 g/mol. The van der Waals surface area contributed by atoms with Crippen molar-refractivity contribution in [1.82, 2.24) is 15.1 Å². The van der Waals surface area contributed by atoms with Crippen LogP contribution in [0, 0.1) is 0 Å². The number of ether oxygens (including phenoxy) is 1. The van der Waals surface area contributed by atoms with Gasteiger partial charge < -0.3 is 15.2 Å². The molecule has 31 heavy (non-hydrogen) atoms. The van der Waals surface area contributed by atoms with E-state index in [-0.39, 0.29) is 12.5 Å². The van der Waals surface area contributed by atoms with Gasteiger partial charge >= 0.3 is 0 Å². The van der Waals surface area contributed by atoms with Crippen LogP contribution in [0.1, 0.15) is 17.5 Å². The highest BCUT2D eigenvalue weighted by molar-refractivity contribution is 5.80. The Balaban J connectivity index is 1.50. The zero-order valence-electron chi connectivity index (χ0n) is 17.4. The SMILES string of the molecule is CNC(=O)CCn1ncc2cc(OCc3ccccc3-c3cccc(CO)c3)ccc21. The third-order valence-corrected chi connectivity index (χ3v) is 5.28. The third kappa shape index (κ3) is 4.75. The predicted octanol–water partition coefficient (Wildman–Crippen LogP) is 3.91. The van der Waals surface area contributed by atoms with E-state index in [9.17, 15) is 9.90 Å². The van der Waals surface area contributed by atoms with Crippen LogP contribution in [0.3, 0.4) is 0 Å². The molecule has 0 spiro atoms. The lowest BCUT2D eigenvalue weighted by Gasteiger charge is -2.12. The average molecular weight is 415 g/mol. The molecule has 0 saturated heterocycles. The standard InChI is InChI=1S/C25H25N3O3/c1-26-25(30)11-12-28-24-10-9-22(14-21(24)15-27-28)31-17-20-6-2-3-8-23(20)19-7-4-5-18(13-19)16-29/h2-10,13-15,29H,11-12,16-17H2,1H3,(H,26,30). The highest BCUT2D eigenvalue weighted by Crippen LogP contribution is 2.27. The number of aliphatic hydroxyl groups is 1. The zero-order valence-corrected chi connectivity index (χ0v) is 17.4. The molecule has 0 atom stereocenters. The van der Waals surface area contributed by atoms with Crippen molar-refractivity contribution in [2.75, 3.05) is 7.05 Å². The second-order valence-electron chi connectivity index (χ2n) is 7.32. The number of hydrogen-bond acceptors (Lipinski definition) is 4. The number of aromatic nitrogens is 2. The molecule has 0 aliphatic heterocycles. The molecule has 0 aliphatic carbocycles. The Morgan fingerprint density at radius 1 is 1.10 bits per heavy atom. The van der Waals surface area contributed by atoms with Crippen LogP contribution in [0.15, 0.2) is 72.9 Å². The summed E-state index contributed by atoms with van der Waals surface area (Å²) in [6.07, 6.45) is 2.18. The molecule has 6 heteroatoms. The lowest BCUT2D eigenvalue weighted by molar-refractivity contribution is -0.120. The summed E-state index contributed by atoms with van der Waals surface area (Å²) >= 11 is 0. The molecule has 1 aromatic heterocycles. The van der Waals surface area contributed by atoms with Crippen molar-refractivity contribution < 1.29 is 14.6 Å². The van der Waals surface area contributed by atoms with E-state index in [0.717, 1.165) is 38.9 Å². The van der Waals surface area contributed by atoms with Crippen LogP contribution in [-0.2, 0) is 24.6 Å². The topological polar surface area (TPSA) is 76.4 Å². The fourth-order valence-corrected chi connectivity index (χ4v) is 3.59. The maximum absolute atomic E-state index is 11.5. The summed E-state index contributed by atoms with van der Waals surface area (Å²) < 4.78 is 7.92. The fraction of sp³-hybridized carbons (Fsp3) is 0.200. The summed E-state index contributed by atoms with van der Waals surface area (Å²) in [5, 5.41) is 17.4. The number of carbonyl (C=O) groups is 1. The smallest absolute Gasteiger partial charge is 0.221 e. The minimum absolute atomic E-state index is 0.00760. The molecular formula is C25H25N3O3. The van der Waals surface area contributed by atoms with Gasteiger partial charge in [-0.1, -0.05) is 42.5 Å². The first-order valence-corrected chi connectivity index (χ1v) is 10.2. The molecule has 0 bridgehead atoms. The molecule has 3 aromatic carbocycles. The van der Waals surface area contributed by atoms with E-state index in [1.807, 2.05) is 59.3 Å². The van der Waals surface area contributed by atoms with Crippen LogP contribution >= 0.6 is 0 Å². The minimum atomic E-state index is -0.00760. The van der Waals surface area contributed by atoms with Gasteiger partial charge in [0.25, 0.3) is 0 Å². The van der Waals surface area contributed by atoms with Crippen molar-refractivity contribution in [3.63, 3.8) is 0 Å². The Morgan fingerprint density at radius 3 is 2.81 bits per heavy atom. The van der Waals surface area contributed by atoms with Crippen molar-refractivity contribution in [1.29, 1.82) is 0 Å².